The molecule has 0 aliphatic heterocycles. The van der Waals surface area contributed by atoms with Gasteiger partial charge in [-0.2, -0.15) is 0 Å². The Labute approximate surface area is 117 Å². The van der Waals surface area contributed by atoms with Crippen molar-refractivity contribution in [1.82, 2.24) is 5.32 Å². The molecular weight excluding hydrogens is 242 g/mol. The van der Waals surface area contributed by atoms with Gasteiger partial charge in [-0.3, -0.25) is 9.59 Å². The number of carbonyl (C=O) groups excluding carboxylic acids is 2. The third kappa shape index (κ3) is 8.62. The molecule has 0 rings (SSSR count). The molecule has 1 unspecified atom stereocenters. The summed E-state index contributed by atoms with van der Waals surface area (Å²) in [5.41, 5.74) is -0.0392. The van der Waals surface area contributed by atoms with Crippen molar-refractivity contribution in [3.63, 3.8) is 0 Å². The van der Waals surface area contributed by atoms with E-state index in [0.717, 1.165) is 6.42 Å². The number of esters is 1. The van der Waals surface area contributed by atoms with Crippen molar-refractivity contribution in [2.75, 3.05) is 7.11 Å². The molecular formula is C15H29NO3. The summed E-state index contributed by atoms with van der Waals surface area (Å²) in [6.07, 6.45) is 1.52. The molecule has 0 aromatic rings. The summed E-state index contributed by atoms with van der Waals surface area (Å²) >= 11 is 0. The van der Waals surface area contributed by atoms with Crippen LogP contribution in [0.1, 0.15) is 60.8 Å². The number of methoxy groups -OCH3 is 1. The maximum atomic E-state index is 12.0. The largest absolute Gasteiger partial charge is 0.469 e. The van der Waals surface area contributed by atoms with Crippen LogP contribution in [0.2, 0.25) is 0 Å². The summed E-state index contributed by atoms with van der Waals surface area (Å²) in [7, 11) is 1.36. The molecule has 4 heteroatoms. The topological polar surface area (TPSA) is 55.4 Å². The molecule has 0 heterocycles. The minimum absolute atomic E-state index is 0.00115. The van der Waals surface area contributed by atoms with Gasteiger partial charge in [-0.1, -0.05) is 41.5 Å². The van der Waals surface area contributed by atoms with E-state index in [2.05, 4.69) is 30.8 Å². The van der Waals surface area contributed by atoms with Crippen LogP contribution in [0.3, 0.4) is 0 Å². The molecule has 1 atom stereocenters. The van der Waals surface area contributed by atoms with Crippen LogP contribution in [0.5, 0.6) is 0 Å². The Kier molecular flexibility index (Phi) is 6.53. The Bertz CT molecular complexity index is 310. The van der Waals surface area contributed by atoms with Crippen LogP contribution in [-0.2, 0) is 14.3 Å². The van der Waals surface area contributed by atoms with Crippen molar-refractivity contribution in [2.24, 2.45) is 10.8 Å². The van der Waals surface area contributed by atoms with Gasteiger partial charge in [-0.05, 0) is 17.3 Å². The quantitative estimate of drug-likeness (QED) is 0.782. The summed E-state index contributed by atoms with van der Waals surface area (Å²) in [6, 6.07) is -0.201. The van der Waals surface area contributed by atoms with E-state index in [0.29, 0.717) is 6.42 Å². The third-order valence-electron chi connectivity index (χ3n) is 3.08. The van der Waals surface area contributed by atoms with E-state index in [-0.39, 0.29) is 35.2 Å². The Hall–Kier alpha value is -1.06. The van der Waals surface area contributed by atoms with Crippen LogP contribution in [0.4, 0.5) is 0 Å². The summed E-state index contributed by atoms with van der Waals surface area (Å²) < 4.78 is 4.68. The zero-order valence-corrected chi connectivity index (χ0v) is 13.4. The highest BCUT2D eigenvalue weighted by Gasteiger charge is 2.29. The second-order valence-corrected chi connectivity index (χ2v) is 7.33. The first kappa shape index (κ1) is 17.9. The molecule has 0 fully saturated rings. The zero-order valence-electron chi connectivity index (χ0n) is 13.4. The Morgan fingerprint density at radius 2 is 1.63 bits per heavy atom. The van der Waals surface area contributed by atoms with Gasteiger partial charge in [0.1, 0.15) is 0 Å². The van der Waals surface area contributed by atoms with Gasteiger partial charge in [0, 0.05) is 12.5 Å². The molecule has 0 bridgehead atoms. The second-order valence-electron chi connectivity index (χ2n) is 7.33. The molecule has 0 aromatic heterocycles. The highest BCUT2D eigenvalue weighted by molar-refractivity contribution is 5.77. The minimum Gasteiger partial charge on any atom is -0.469 e. The van der Waals surface area contributed by atoms with E-state index in [4.69, 9.17) is 0 Å². The van der Waals surface area contributed by atoms with Gasteiger partial charge >= 0.3 is 5.97 Å². The number of ether oxygens (including phenoxy) is 1. The molecule has 0 aliphatic rings. The molecule has 19 heavy (non-hydrogen) atoms. The molecule has 4 nitrogen and oxygen atoms in total. The van der Waals surface area contributed by atoms with Gasteiger partial charge in [-0.25, -0.2) is 0 Å². The highest BCUT2D eigenvalue weighted by atomic mass is 16.5. The lowest BCUT2D eigenvalue weighted by Crippen LogP contribution is -2.45. The Balaban J connectivity index is 4.49. The first-order chi connectivity index (χ1) is 8.45. The fraction of sp³-hybridized carbons (Fsp3) is 0.867. The molecule has 0 saturated carbocycles. The normalized spacial score (nSPS) is 13.8. The van der Waals surface area contributed by atoms with E-state index >= 15 is 0 Å². The summed E-state index contributed by atoms with van der Waals surface area (Å²) in [5, 5.41) is 2.96. The molecule has 0 radical (unpaired) electrons. The second kappa shape index (κ2) is 6.92. The van der Waals surface area contributed by atoms with Crippen LogP contribution in [0.15, 0.2) is 0 Å². The van der Waals surface area contributed by atoms with Gasteiger partial charge in [0.05, 0.1) is 13.5 Å². The van der Waals surface area contributed by atoms with Gasteiger partial charge < -0.3 is 10.1 Å². The SMILES string of the molecule is COC(=O)CC(NC(=O)CCC(C)(C)C)C(C)(C)C. The highest BCUT2D eigenvalue weighted by Crippen LogP contribution is 2.24. The molecule has 112 valence electrons. The van der Waals surface area contributed by atoms with Crippen molar-refractivity contribution in [1.29, 1.82) is 0 Å². The van der Waals surface area contributed by atoms with Crippen molar-refractivity contribution < 1.29 is 14.3 Å². The maximum Gasteiger partial charge on any atom is 0.307 e. The monoisotopic (exact) mass is 271 g/mol. The van der Waals surface area contributed by atoms with Gasteiger partial charge in [-0.15, -0.1) is 0 Å². The van der Waals surface area contributed by atoms with Crippen molar-refractivity contribution >= 4 is 11.9 Å². The van der Waals surface area contributed by atoms with E-state index in [9.17, 15) is 9.59 Å². The van der Waals surface area contributed by atoms with Crippen LogP contribution in [0, 0.1) is 10.8 Å². The van der Waals surface area contributed by atoms with Crippen LogP contribution in [-0.4, -0.2) is 25.0 Å². The number of carbonyl (C=O) groups is 2. The fourth-order valence-electron chi connectivity index (χ4n) is 1.58. The van der Waals surface area contributed by atoms with Crippen LogP contribution >= 0.6 is 0 Å². The summed E-state index contributed by atoms with van der Waals surface area (Å²) in [4.78, 5) is 23.3. The Morgan fingerprint density at radius 3 is 2.00 bits per heavy atom. The van der Waals surface area contributed by atoms with Crippen LogP contribution < -0.4 is 5.32 Å². The smallest absolute Gasteiger partial charge is 0.307 e. The standard InChI is InChI=1S/C15H29NO3/c1-14(2,3)9-8-12(17)16-11(15(4,5)6)10-13(18)19-7/h11H,8-10H2,1-7H3,(H,16,17). The van der Waals surface area contributed by atoms with Gasteiger partial charge in [0.2, 0.25) is 5.91 Å². The average Bonchev–Trinajstić information content (AvgIpc) is 2.23. The van der Waals surface area contributed by atoms with Gasteiger partial charge in [0.25, 0.3) is 0 Å². The van der Waals surface area contributed by atoms with Gasteiger partial charge in [0.15, 0.2) is 0 Å². The molecule has 0 aliphatic carbocycles. The van der Waals surface area contributed by atoms with Crippen molar-refractivity contribution in [3.8, 4) is 0 Å². The lowest BCUT2D eigenvalue weighted by Gasteiger charge is -2.31. The first-order valence-corrected chi connectivity index (χ1v) is 6.82. The first-order valence-electron chi connectivity index (χ1n) is 6.82. The summed E-state index contributed by atoms with van der Waals surface area (Å²) in [6.45, 7) is 12.3. The molecule has 1 amide bonds. The predicted octanol–water partition coefficient (Wildman–Crippen LogP) is 2.91. The van der Waals surface area contributed by atoms with E-state index < -0.39 is 0 Å². The third-order valence-corrected chi connectivity index (χ3v) is 3.08. The summed E-state index contributed by atoms with van der Waals surface area (Å²) in [5.74, 6) is -0.296. The predicted molar refractivity (Wildman–Crippen MR) is 76.7 cm³/mol. The van der Waals surface area contributed by atoms with Crippen molar-refractivity contribution in [2.45, 2.75) is 66.8 Å². The lowest BCUT2D eigenvalue weighted by atomic mass is 9.84. The maximum absolute atomic E-state index is 12.0. The van der Waals surface area contributed by atoms with Crippen LogP contribution in [0.25, 0.3) is 0 Å². The fourth-order valence-corrected chi connectivity index (χ4v) is 1.58. The van der Waals surface area contributed by atoms with E-state index in [1.54, 1.807) is 0 Å². The molecule has 0 aromatic carbocycles. The number of amides is 1. The Morgan fingerprint density at radius 1 is 1.11 bits per heavy atom. The van der Waals surface area contributed by atoms with E-state index in [1.807, 2.05) is 20.8 Å². The number of rotatable bonds is 5. The average molecular weight is 271 g/mol. The minimum atomic E-state index is -0.295. The number of hydrogen-bond acceptors (Lipinski definition) is 3. The molecule has 1 N–H and O–H groups in total. The number of nitrogens with one attached hydrogen (secondary N) is 1. The lowest BCUT2D eigenvalue weighted by molar-refractivity contribution is -0.142. The zero-order chi connectivity index (χ0) is 15.3. The molecule has 0 spiro atoms. The number of hydrogen-bond donors (Lipinski definition) is 1. The van der Waals surface area contributed by atoms with Crippen molar-refractivity contribution in [3.05, 3.63) is 0 Å². The molecule has 0 saturated heterocycles. The van der Waals surface area contributed by atoms with E-state index in [1.165, 1.54) is 7.11 Å².